The molecule has 0 saturated heterocycles. The lowest BCUT2D eigenvalue weighted by atomic mass is 9.90. The molecule has 0 radical (unpaired) electrons. The molecule has 5 nitrogen and oxygen atoms in total. The van der Waals surface area contributed by atoms with Crippen molar-refractivity contribution in [2.75, 3.05) is 0 Å². The number of nitrogens with zero attached hydrogens (tertiary/aromatic N) is 5. The van der Waals surface area contributed by atoms with Crippen LogP contribution in [0.15, 0.2) is 151 Å². The van der Waals surface area contributed by atoms with Gasteiger partial charge in [-0.1, -0.05) is 84.9 Å². The number of benzene rings is 6. The van der Waals surface area contributed by atoms with E-state index in [-0.39, 0.29) is 0 Å². The molecule has 0 bridgehead atoms. The summed E-state index contributed by atoms with van der Waals surface area (Å²) < 4.78 is 4.50. The largest absolute Gasteiger partial charge is 0.309 e. The molecule has 0 unspecified atom stereocenters. The third-order valence-corrected chi connectivity index (χ3v) is 9.91. The highest BCUT2D eigenvalue weighted by Crippen LogP contribution is 2.42. The quantitative estimate of drug-likeness (QED) is 0.190. The van der Waals surface area contributed by atoms with Gasteiger partial charge < -0.3 is 9.13 Å². The second-order valence-electron chi connectivity index (χ2n) is 12.6. The van der Waals surface area contributed by atoms with Gasteiger partial charge in [-0.05, 0) is 95.4 Å². The van der Waals surface area contributed by atoms with E-state index < -0.39 is 0 Å². The number of allylic oxidation sites excluding steroid dienone is 3. The fraction of sp³-hybridized carbons (Fsp3) is 0.0217. The molecule has 0 aliphatic heterocycles. The van der Waals surface area contributed by atoms with E-state index in [1.165, 1.54) is 10.8 Å². The molecule has 8 aromatic rings. The van der Waals surface area contributed by atoms with Crippen molar-refractivity contribution in [3.63, 3.8) is 0 Å². The first kappa shape index (κ1) is 29.7. The maximum absolute atomic E-state index is 10.6. The molecule has 2 heterocycles. The molecule has 6 aromatic carbocycles. The highest BCUT2D eigenvalue weighted by molar-refractivity contribution is 6.09. The van der Waals surface area contributed by atoms with Crippen LogP contribution in [-0.4, -0.2) is 9.13 Å². The van der Waals surface area contributed by atoms with Crippen LogP contribution >= 0.6 is 0 Å². The Balaban J connectivity index is 1.29. The van der Waals surface area contributed by atoms with Crippen molar-refractivity contribution in [3.05, 3.63) is 174 Å². The molecular formula is C46H27N5. The molecule has 0 atom stereocenters. The lowest BCUT2D eigenvalue weighted by Crippen LogP contribution is -2.03. The zero-order valence-electron chi connectivity index (χ0n) is 27.4. The summed E-state index contributed by atoms with van der Waals surface area (Å²) >= 11 is 0. The normalized spacial score (nSPS) is 12.2. The molecule has 0 amide bonds. The van der Waals surface area contributed by atoms with Crippen molar-refractivity contribution in [1.29, 1.82) is 15.8 Å². The molecule has 2 aromatic heterocycles. The van der Waals surface area contributed by atoms with Crippen molar-refractivity contribution in [1.82, 2.24) is 9.13 Å². The average molecular weight is 650 g/mol. The summed E-state index contributed by atoms with van der Waals surface area (Å²) in [4.78, 5) is 0. The summed E-state index contributed by atoms with van der Waals surface area (Å²) in [6.45, 7) is 0. The van der Waals surface area contributed by atoms with Gasteiger partial charge in [0.15, 0.2) is 0 Å². The number of fused-ring (bicyclic) bond motifs is 6. The molecule has 51 heavy (non-hydrogen) atoms. The van der Waals surface area contributed by atoms with Crippen LogP contribution in [0, 0.1) is 34.0 Å². The van der Waals surface area contributed by atoms with E-state index in [1.54, 1.807) is 0 Å². The molecular weight excluding hydrogens is 623 g/mol. The van der Waals surface area contributed by atoms with Crippen LogP contribution in [0.4, 0.5) is 0 Å². The average Bonchev–Trinajstić information content (AvgIpc) is 3.59. The molecule has 0 fully saturated rings. The van der Waals surface area contributed by atoms with Gasteiger partial charge in [0.05, 0.1) is 57.3 Å². The van der Waals surface area contributed by atoms with E-state index in [0.717, 1.165) is 66.8 Å². The summed E-state index contributed by atoms with van der Waals surface area (Å²) in [7, 11) is 0. The van der Waals surface area contributed by atoms with E-state index in [2.05, 4.69) is 118 Å². The maximum atomic E-state index is 10.6. The highest BCUT2D eigenvalue weighted by atomic mass is 15.0. The Morgan fingerprint density at radius 3 is 1.98 bits per heavy atom. The fourth-order valence-corrected chi connectivity index (χ4v) is 7.69. The van der Waals surface area contributed by atoms with Crippen molar-refractivity contribution >= 4 is 38.8 Å². The summed E-state index contributed by atoms with van der Waals surface area (Å²) in [6, 6.07) is 52.5. The van der Waals surface area contributed by atoms with Crippen LogP contribution in [0.3, 0.4) is 0 Å². The van der Waals surface area contributed by atoms with Crippen molar-refractivity contribution in [3.8, 4) is 51.8 Å². The lowest BCUT2D eigenvalue weighted by Gasteiger charge is -2.19. The first-order chi connectivity index (χ1) is 25.2. The van der Waals surface area contributed by atoms with Gasteiger partial charge in [-0.15, -0.1) is 0 Å². The van der Waals surface area contributed by atoms with Crippen molar-refractivity contribution < 1.29 is 0 Å². The molecule has 0 saturated carbocycles. The van der Waals surface area contributed by atoms with E-state index >= 15 is 0 Å². The van der Waals surface area contributed by atoms with Gasteiger partial charge in [0.1, 0.15) is 0 Å². The zero-order chi connectivity index (χ0) is 34.5. The number of rotatable bonds is 4. The Morgan fingerprint density at radius 1 is 0.529 bits per heavy atom. The van der Waals surface area contributed by atoms with Crippen LogP contribution in [0.2, 0.25) is 0 Å². The minimum atomic E-state index is 0.545. The number of hydrogen-bond acceptors (Lipinski definition) is 3. The Hall–Kier alpha value is -7.39. The van der Waals surface area contributed by atoms with Crippen LogP contribution in [-0.2, 0) is 6.42 Å². The second-order valence-corrected chi connectivity index (χ2v) is 12.6. The summed E-state index contributed by atoms with van der Waals surface area (Å²) in [5.74, 6) is 0. The molecule has 236 valence electrons. The minimum Gasteiger partial charge on any atom is -0.309 e. The number of para-hydroxylation sites is 2. The number of hydrogen-bond donors (Lipinski definition) is 0. The maximum Gasteiger partial charge on any atom is 0.0998 e. The summed E-state index contributed by atoms with van der Waals surface area (Å²) in [5.41, 5.74) is 12.5. The van der Waals surface area contributed by atoms with Crippen LogP contribution in [0.25, 0.3) is 72.4 Å². The van der Waals surface area contributed by atoms with Gasteiger partial charge in [-0.3, -0.25) is 0 Å². The smallest absolute Gasteiger partial charge is 0.0998 e. The van der Waals surface area contributed by atoms with Gasteiger partial charge in [-0.25, -0.2) is 0 Å². The lowest BCUT2D eigenvalue weighted by molar-refractivity contribution is 1.09. The molecule has 0 N–H and O–H groups in total. The zero-order valence-corrected chi connectivity index (χ0v) is 27.4. The Morgan fingerprint density at radius 2 is 1.24 bits per heavy atom. The van der Waals surface area contributed by atoms with E-state index in [9.17, 15) is 15.8 Å². The molecule has 1 aliphatic carbocycles. The van der Waals surface area contributed by atoms with Gasteiger partial charge >= 0.3 is 0 Å². The monoisotopic (exact) mass is 649 g/mol. The van der Waals surface area contributed by atoms with Gasteiger partial charge in [0.25, 0.3) is 0 Å². The highest BCUT2D eigenvalue weighted by Gasteiger charge is 2.23. The summed E-state index contributed by atoms with van der Waals surface area (Å²) in [5, 5.41) is 33.5. The molecule has 0 spiro atoms. The standard InChI is InChI=1S/C46H27N5/c47-27-30-19-22-38-40-25-31(28-48)21-24-44(40)51(43(38)23-20-30)45-18-8-10-33(29-49)46(45)39-15-2-1-12-35(39)32-9-7-11-34(26-32)50-41-16-5-3-13-36(41)37-14-4-6-17-42(37)50/h1-21,23-26H,22H2. The van der Waals surface area contributed by atoms with E-state index in [1.807, 2.05) is 60.7 Å². The predicted molar refractivity (Wildman–Crippen MR) is 204 cm³/mol. The molecule has 9 rings (SSSR count). The topological polar surface area (TPSA) is 81.2 Å². The molecule has 1 aliphatic rings. The van der Waals surface area contributed by atoms with Crippen LogP contribution in [0.5, 0.6) is 0 Å². The summed E-state index contributed by atoms with van der Waals surface area (Å²) in [6.07, 6.45) is 6.29. The third-order valence-electron chi connectivity index (χ3n) is 9.91. The minimum absolute atomic E-state index is 0.545. The Labute approximate surface area is 294 Å². The Bertz CT molecular complexity index is 2870. The second kappa shape index (κ2) is 11.9. The van der Waals surface area contributed by atoms with Gasteiger partial charge in [0.2, 0.25) is 0 Å². The fourth-order valence-electron chi connectivity index (χ4n) is 7.69. The third kappa shape index (κ3) is 4.67. The molecule has 5 heteroatoms. The number of aromatic nitrogens is 2. The Kier molecular flexibility index (Phi) is 6.96. The van der Waals surface area contributed by atoms with E-state index in [4.69, 9.17) is 0 Å². The van der Waals surface area contributed by atoms with E-state index in [0.29, 0.717) is 23.1 Å². The SMILES string of the molecule is N#CC1=CCc2c(n(-c3cccc(C#N)c3-c3ccccc3-c3cccc(-n4c5ccccc5c5ccccc54)c3)c3ccc(C#N)cc23)C=C1. The van der Waals surface area contributed by atoms with Crippen LogP contribution < -0.4 is 0 Å². The van der Waals surface area contributed by atoms with Crippen molar-refractivity contribution in [2.24, 2.45) is 0 Å². The number of nitriles is 3. The van der Waals surface area contributed by atoms with Crippen molar-refractivity contribution in [2.45, 2.75) is 6.42 Å². The van der Waals surface area contributed by atoms with Crippen LogP contribution in [0.1, 0.15) is 22.4 Å². The van der Waals surface area contributed by atoms with Gasteiger partial charge in [-0.2, -0.15) is 15.8 Å². The first-order valence-electron chi connectivity index (χ1n) is 16.8. The van der Waals surface area contributed by atoms with Gasteiger partial charge in [0, 0.05) is 33.0 Å². The predicted octanol–water partition coefficient (Wildman–Crippen LogP) is 10.8. The first-order valence-corrected chi connectivity index (χ1v) is 16.8.